The average Bonchev–Trinajstić information content (AvgIpc) is 2.97. The predicted octanol–water partition coefficient (Wildman–Crippen LogP) is 2.88. The molecule has 0 atom stereocenters. The zero-order valence-corrected chi connectivity index (χ0v) is 17.5. The summed E-state index contributed by atoms with van der Waals surface area (Å²) in [5.41, 5.74) is 3.20. The van der Waals surface area contributed by atoms with Crippen molar-refractivity contribution >= 4 is 41.0 Å². The van der Waals surface area contributed by atoms with Crippen LogP contribution in [0.15, 0.2) is 53.7 Å². The number of rotatable bonds is 6. The number of para-hydroxylation sites is 2. The van der Waals surface area contributed by atoms with Gasteiger partial charge in [0.2, 0.25) is 0 Å². The van der Waals surface area contributed by atoms with Crippen LogP contribution in [0.1, 0.15) is 18.4 Å². The van der Waals surface area contributed by atoms with Crippen molar-refractivity contribution in [2.24, 2.45) is 12.0 Å². The maximum absolute atomic E-state index is 4.66. The fourth-order valence-corrected chi connectivity index (χ4v) is 2.68. The Labute approximate surface area is 171 Å². The lowest BCUT2D eigenvalue weighted by atomic mass is 10.3. The first-order valence-electron chi connectivity index (χ1n) is 8.60. The van der Waals surface area contributed by atoms with Gasteiger partial charge in [-0.3, -0.25) is 4.98 Å². The fourth-order valence-electron chi connectivity index (χ4n) is 2.68. The lowest BCUT2D eigenvalue weighted by Gasteiger charge is -2.11. The van der Waals surface area contributed by atoms with E-state index >= 15 is 0 Å². The molecule has 0 amide bonds. The van der Waals surface area contributed by atoms with Crippen molar-refractivity contribution < 1.29 is 0 Å². The average molecular weight is 464 g/mol. The third kappa shape index (κ3) is 5.17. The number of guanidine groups is 1. The predicted molar refractivity (Wildman–Crippen MR) is 117 cm³/mol. The first-order valence-corrected chi connectivity index (χ1v) is 8.60. The van der Waals surface area contributed by atoms with E-state index in [-0.39, 0.29) is 24.0 Å². The smallest absolute Gasteiger partial charge is 0.191 e. The molecule has 3 aromatic rings. The molecule has 3 rings (SSSR count). The van der Waals surface area contributed by atoms with Crippen LogP contribution in [0.4, 0.5) is 0 Å². The van der Waals surface area contributed by atoms with E-state index in [1.165, 1.54) is 0 Å². The van der Waals surface area contributed by atoms with Gasteiger partial charge in [0.1, 0.15) is 12.4 Å². The molecule has 0 aliphatic heterocycles. The van der Waals surface area contributed by atoms with Crippen molar-refractivity contribution in [1.82, 2.24) is 25.2 Å². The van der Waals surface area contributed by atoms with Crippen LogP contribution in [-0.4, -0.2) is 33.6 Å². The SMILES string of the molecule is CCNC(=NCc1nc2ccccc2n1C)NCCc1ccccn1.I. The molecule has 2 N–H and O–H groups in total. The van der Waals surface area contributed by atoms with Gasteiger partial charge in [0.25, 0.3) is 0 Å². The number of aryl methyl sites for hydroxylation is 1. The van der Waals surface area contributed by atoms with E-state index in [0.29, 0.717) is 6.54 Å². The van der Waals surface area contributed by atoms with Crippen molar-refractivity contribution in [3.63, 3.8) is 0 Å². The van der Waals surface area contributed by atoms with Gasteiger partial charge in [-0.1, -0.05) is 18.2 Å². The summed E-state index contributed by atoms with van der Waals surface area (Å²) in [4.78, 5) is 13.7. The van der Waals surface area contributed by atoms with E-state index in [2.05, 4.69) is 43.2 Å². The summed E-state index contributed by atoms with van der Waals surface area (Å²) < 4.78 is 2.09. The maximum atomic E-state index is 4.66. The van der Waals surface area contributed by atoms with Crippen molar-refractivity contribution in [2.45, 2.75) is 19.9 Å². The second kappa shape index (κ2) is 10.1. The van der Waals surface area contributed by atoms with Gasteiger partial charge < -0.3 is 15.2 Å². The molecule has 0 aliphatic rings. The van der Waals surface area contributed by atoms with Crippen LogP contribution >= 0.6 is 24.0 Å². The quantitative estimate of drug-likeness (QED) is 0.335. The fraction of sp³-hybridized carbons (Fsp3) is 0.316. The molecule has 0 bridgehead atoms. The molecular formula is C19H25IN6. The minimum absolute atomic E-state index is 0. The second-order valence-corrected chi connectivity index (χ2v) is 5.77. The van der Waals surface area contributed by atoms with Crippen LogP contribution in [0.3, 0.4) is 0 Å². The molecule has 0 aliphatic carbocycles. The van der Waals surface area contributed by atoms with Crippen molar-refractivity contribution in [2.75, 3.05) is 13.1 Å². The lowest BCUT2D eigenvalue weighted by Crippen LogP contribution is -2.38. The highest BCUT2D eigenvalue weighted by atomic mass is 127. The number of hydrogen-bond donors (Lipinski definition) is 2. The van der Waals surface area contributed by atoms with Gasteiger partial charge >= 0.3 is 0 Å². The Balaban J connectivity index is 0.00000243. The molecule has 2 aromatic heterocycles. The molecule has 7 heteroatoms. The highest BCUT2D eigenvalue weighted by molar-refractivity contribution is 14.0. The molecule has 0 radical (unpaired) electrons. The number of fused-ring (bicyclic) bond motifs is 1. The molecule has 2 heterocycles. The lowest BCUT2D eigenvalue weighted by molar-refractivity contribution is 0.767. The molecule has 0 spiro atoms. The Morgan fingerprint density at radius 3 is 2.65 bits per heavy atom. The highest BCUT2D eigenvalue weighted by Gasteiger charge is 2.07. The molecule has 1 aromatic carbocycles. The summed E-state index contributed by atoms with van der Waals surface area (Å²) >= 11 is 0. The van der Waals surface area contributed by atoms with E-state index in [9.17, 15) is 0 Å². The molecule has 6 nitrogen and oxygen atoms in total. The minimum Gasteiger partial charge on any atom is -0.357 e. The first-order chi connectivity index (χ1) is 12.3. The van der Waals surface area contributed by atoms with Gasteiger partial charge in [0.05, 0.1) is 11.0 Å². The summed E-state index contributed by atoms with van der Waals surface area (Å²) in [6, 6.07) is 14.1. The Bertz CT molecular complexity index is 844. The summed E-state index contributed by atoms with van der Waals surface area (Å²) in [6.07, 6.45) is 2.68. The minimum atomic E-state index is 0. The number of hydrogen-bond acceptors (Lipinski definition) is 3. The van der Waals surface area contributed by atoms with E-state index in [0.717, 1.165) is 48.0 Å². The number of benzene rings is 1. The molecule has 138 valence electrons. The van der Waals surface area contributed by atoms with Gasteiger partial charge in [-0.2, -0.15) is 0 Å². The highest BCUT2D eigenvalue weighted by Crippen LogP contribution is 2.14. The van der Waals surface area contributed by atoms with Crippen molar-refractivity contribution in [3.05, 3.63) is 60.2 Å². The van der Waals surface area contributed by atoms with E-state index in [1.807, 2.05) is 49.6 Å². The topological polar surface area (TPSA) is 67.1 Å². The molecule has 0 saturated carbocycles. The maximum Gasteiger partial charge on any atom is 0.191 e. The van der Waals surface area contributed by atoms with Crippen LogP contribution in [0.2, 0.25) is 0 Å². The van der Waals surface area contributed by atoms with Crippen molar-refractivity contribution in [3.8, 4) is 0 Å². The largest absolute Gasteiger partial charge is 0.357 e. The Kier molecular flexibility index (Phi) is 7.83. The molecule has 0 fully saturated rings. The number of imidazole rings is 1. The van der Waals surface area contributed by atoms with Gasteiger partial charge in [-0.25, -0.2) is 9.98 Å². The van der Waals surface area contributed by atoms with Gasteiger partial charge in [0, 0.05) is 38.4 Å². The number of nitrogens with zero attached hydrogens (tertiary/aromatic N) is 4. The number of aliphatic imine (C=N–C) groups is 1. The summed E-state index contributed by atoms with van der Waals surface area (Å²) in [5.74, 6) is 1.74. The van der Waals surface area contributed by atoms with Gasteiger partial charge in [-0.15, -0.1) is 24.0 Å². The third-order valence-corrected chi connectivity index (χ3v) is 4.00. The summed E-state index contributed by atoms with van der Waals surface area (Å²) in [5, 5.41) is 6.63. The third-order valence-electron chi connectivity index (χ3n) is 4.00. The van der Waals surface area contributed by atoms with Crippen LogP contribution < -0.4 is 10.6 Å². The molecular weight excluding hydrogens is 439 g/mol. The summed E-state index contributed by atoms with van der Waals surface area (Å²) in [7, 11) is 2.03. The van der Waals surface area contributed by atoms with Gasteiger partial charge in [-0.05, 0) is 31.2 Å². The molecule has 0 unspecified atom stereocenters. The molecule has 26 heavy (non-hydrogen) atoms. The standard InChI is InChI=1S/C19H24N6.HI/c1-3-20-19(22-13-11-15-8-6-7-12-21-15)23-14-18-24-16-9-4-5-10-17(16)25(18)2;/h4-10,12H,3,11,13-14H2,1-2H3,(H2,20,22,23);1H. The number of pyridine rings is 1. The Morgan fingerprint density at radius 1 is 1.12 bits per heavy atom. The van der Waals surface area contributed by atoms with E-state index in [1.54, 1.807) is 0 Å². The van der Waals surface area contributed by atoms with E-state index in [4.69, 9.17) is 0 Å². The van der Waals surface area contributed by atoms with Crippen molar-refractivity contribution in [1.29, 1.82) is 0 Å². The molecule has 0 saturated heterocycles. The number of aromatic nitrogens is 3. The van der Waals surface area contributed by atoms with Crippen LogP contribution in [0, 0.1) is 0 Å². The zero-order chi connectivity index (χ0) is 17.5. The van der Waals surface area contributed by atoms with Gasteiger partial charge in [0.15, 0.2) is 5.96 Å². The van der Waals surface area contributed by atoms with Crippen LogP contribution in [0.25, 0.3) is 11.0 Å². The Hall–Kier alpha value is -2.16. The second-order valence-electron chi connectivity index (χ2n) is 5.77. The first kappa shape index (κ1) is 20.2. The van der Waals surface area contributed by atoms with Crippen LogP contribution in [-0.2, 0) is 20.0 Å². The monoisotopic (exact) mass is 464 g/mol. The Morgan fingerprint density at radius 2 is 1.92 bits per heavy atom. The van der Waals surface area contributed by atoms with Crippen LogP contribution in [0.5, 0.6) is 0 Å². The number of halogens is 1. The number of nitrogens with one attached hydrogen (secondary N) is 2. The zero-order valence-electron chi connectivity index (χ0n) is 15.1. The van der Waals surface area contributed by atoms with E-state index < -0.39 is 0 Å². The summed E-state index contributed by atoms with van der Waals surface area (Å²) in [6.45, 7) is 4.19. The normalized spacial score (nSPS) is 11.2.